The number of hydrogen-bond acceptors (Lipinski definition) is 4. The lowest BCUT2D eigenvalue weighted by Gasteiger charge is -2.10. The van der Waals surface area contributed by atoms with E-state index < -0.39 is 11.9 Å². The van der Waals surface area contributed by atoms with E-state index in [1.54, 1.807) is 34.9 Å². The molecule has 35 heavy (non-hydrogen) atoms. The van der Waals surface area contributed by atoms with E-state index in [0.717, 1.165) is 26.7 Å². The smallest absolute Gasteiger partial charge is 0.336 e. The Morgan fingerprint density at radius 3 is 2.00 bits per heavy atom. The summed E-state index contributed by atoms with van der Waals surface area (Å²) in [4.78, 5) is 38.2. The molecule has 5 rings (SSSR count). The number of nitrogens with one attached hydrogen (secondary N) is 1. The number of hydrogen-bond donors (Lipinski definition) is 2. The fourth-order valence-corrected chi connectivity index (χ4v) is 4.93. The molecule has 0 saturated carbocycles. The monoisotopic (exact) mass is 480 g/mol. The maximum absolute atomic E-state index is 13.3. The number of carboxylic acids is 1. The van der Waals surface area contributed by atoms with E-state index in [2.05, 4.69) is 5.32 Å². The van der Waals surface area contributed by atoms with Crippen molar-refractivity contribution < 1.29 is 19.5 Å². The molecule has 0 aliphatic rings. The highest BCUT2D eigenvalue weighted by Crippen LogP contribution is 2.30. The third-order valence-electron chi connectivity index (χ3n) is 5.69. The Balaban J connectivity index is 1.34. The third-order valence-corrected chi connectivity index (χ3v) is 6.66. The van der Waals surface area contributed by atoms with Gasteiger partial charge in [0.15, 0.2) is 0 Å². The molecular formula is C28H20N2O4S. The summed E-state index contributed by atoms with van der Waals surface area (Å²) in [5, 5.41) is 14.2. The van der Waals surface area contributed by atoms with Gasteiger partial charge in [0.1, 0.15) is 0 Å². The highest BCUT2D eigenvalue weighted by molar-refractivity contribution is 8.00. The molecule has 1 heterocycles. The Kier molecular flexibility index (Phi) is 6.08. The van der Waals surface area contributed by atoms with E-state index in [4.69, 9.17) is 0 Å². The van der Waals surface area contributed by atoms with Crippen LogP contribution >= 0.6 is 11.8 Å². The zero-order valence-electron chi connectivity index (χ0n) is 18.5. The second kappa shape index (κ2) is 9.48. The number of carboxylic acid groups (broad SMARTS) is 1. The largest absolute Gasteiger partial charge is 0.478 e. The van der Waals surface area contributed by atoms with Crippen molar-refractivity contribution in [2.24, 2.45) is 0 Å². The number of amides is 1. The average molecular weight is 481 g/mol. The van der Waals surface area contributed by atoms with Crippen molar-refractivity contribution in [1.29, 1.82) is 0 Å². The van der Waals surface area contributed by atoms with Crippen LogP contribution in [0.3, 0.4) is 0 Å². The summed E-state index contributed by atoms with van der Waals surface area (Å²) < 4.78 is 1.76. The summed E-state index contributed by atoms with van der Waals surface area (Å²) in [5.74, 6) is -1.51. The number of nitrogens with zero attached hydrogens (tertiary/aromatic N) is 1. The van der Waals surface area contributed by atoms with Crippen molar-refractivity contribution in [2.75, 3.05) is 11.1 Å². The first-order valence-electron chi connectivity index (χ1n) is 10.9. The fourth-order valence-electron chi connectivity index (χ4n) is 4.13. The number of anilines is 1. The molecule has 0 unspecified atom stereocenters. The van der Waals surface area contributed by atoms with Gasteiger partial charge in [-0.2, -0.15) is 0 Å². The molecule has 0 atom stereocenters. The third kappa shape index (κ3) is 4.41. The summed E-state index contributed by atoms with van der Waals surface area (Å²) in [7, 11) is 0. The van der Waals surface area contributed by atoms with Crippen LogP contribution in [0.25, 0.3) is 21.8 Å². The molecule has 6 nitrogen and oxygen atoms in total. The lowest BCUT2D eigenvalue weighted by atomic mass is 10.1. The molecular weight excluding hydrogens is 460 g/mol. The van der Waals surface area contributed by atoms with Crippen LogP contribution in [0.15, 0.2) is 102 Å². The normalized spacial score (nSPS) is 11.0. The van der Waals surface area contributed by atoms with Gasteiger partial charge in [-0.3, -0.25) is 14.2 Å². The minimum Gasteiger partial charge on any atom is -0.478 e. The average Bonchev–Trinajstić information content (AvgIpc) is 3.22. The molecule has 0 fully saturated rings. The number of thioether (sulfide) groups is 1. The first-order valence-corrected chi connectivity index (χ1v) is 11.9. The van der Waals surface area contributed by atoms with E-state index in [9.17, 15) is 19.5 Å². The number of rotatable bonds is 6. The fraction of sp³-hybridized carbons (Fsp3) is 0.0357. The van der Waals surface area contributed by atoms with Gasteiger partial charge < -0.3 is 10.4 Å². The predicted octanol–water partition coefficient (Wildman–Crippen LogP) is 6.18. The van der Waals surface area contributed by atoms with Gasteiger partial charge in [0.05, 0.1) is 27.9 Å². The van der Waals surface area contributed by atoms with Gasteiger partial charge in [0.2, 0.25) is 5.91 Å². The van der Waals surface area contributed by atoms with Crippen molar-refractivity contribution >= 4 is 57.0 Å². The Labute approximate surface area is 205 Å². The van der Waals surface area contributed by atoms with Gasteiger partial charge in [0.25, 0.3) is 5.91 Å². The number of benzene rings is 4. The summed E-state index contributed by atoms with van der Waals surface area (Å²) in [5.41, 5.74) is 2.28. The standard InChI is InChI=1S/C28H20N2O4S/c31-26(30-24-14-5-3-10-20(24)21-11-4-6-15-25(21)30)17-35-19-9-7-8-18(16-19)29-27(32)22-12-1-2-13-23(22)28(33)34/h1-16H,17H2,(H,29,32)(H,33,34). The number of para-hydroxylation sites is 2. The van der Waals surface area contributed by atoms with Gasteiger partial charge >= 0.3 is 5.97 Å². The first kappa shape index (κ1) is 22.4. The number of aromatic nitrogens is 1. The highest BCUT2D eigenvalue weighted by atomic mass is 32.2. The maximum atomic E-state index is 13.3. The first-order chi connectivity index (χ1) is 17.0. The maximum Gasteiger partial charge on any atom is 0.336 e. The van der Waals surface area contributed by atoms with Gasteiger partial charge in [-0.15, -0.1) is 11.8 Å². The lowest BCUT2D eigenvalue weighted by molar-refractivity contribution is 0.0692. The lowest BCUT2D eigenvalue weighted by Crippen LogP contribution is -2.16. The number of carbonyl (C=O) groups is 3. The predicted molar refractivity (Wildman–Crippen MR) is 139 cm³/mol. The Bertz CT molecular complexity index is 1550. The molecule has 1 aromatic heterocycles. The van der Waals surface area contributed by atoms with Crippen molar-refractivity contribution in [2.45, 2.75) is 4.90 Å². The van der Waals surface area contributed by atoms with E-state index in [1.807, 2.05) is 54.6 Å². The van der Waals surface area contributed by atoms with Crippen LogP contribution in [0.2, 0.25) is 0 Å². The Morgan fingerprint density at radius 2 is 1.34 bits per heavy atom. The Hall–Kier alpha value is -4.36. The summed E-state index contributed by atoms with van der Waals surface area (Å²) in [6.07, 6.45) is 0. The molecule has 2 N–H and O–H groups in total. The molecule has 0 aliphatic heterocycles. The van der Waals surface area contributed by atoms with Gasteiger partial charge in [-0.1, -0.05) is 54.6 Å². The highest BCUT2D eigenvalue weighted by Gasteiger charge is 2.17. The number of fused-ring (bicyclic) bond motifs is 3. The van der Waals surface area contributed by atoms with E-state index >= 15 is 0 Å². The van der Waals surface area contributed by atoms with Crippen LogP contribution in [-0.4, -0.2) is 33.2 Å². The van der Waals surface area contributed by atoms with Crippen LogP contribution in [-0.2, 0) is 0 Å². The second-order valence-electron chi connectivity index (χ2n) is 7.88. The molecule has 4 aromatic carbocycles. The number of aromatic carboxylic acids is 1. The van der Waals surface area contributed by atoms with Gasteiger partial charge in [-0.25, -0.2) is 4.79 Å². The molecule has 0 radical (unpaired) electrons. The SMILES string of the molecule is O=C(O)c1ccccc1C(=O)Nc1cccc(SCC(=O)n2c3ccccc3c3ccccc32)c1. The van der Waals surface area contributed by atoms with Crippen molar-refractivity contribution in [1.82, 2.24) is 4.57 Å². The topological polar surface area (TPSA) is 88.4 Å². The van der Waals surface area contributed by atoms with Crippen LogP contribution in [0.5, 0.6) is 0 Å². The minimum absolute atomic E-state index is 0.0442. The van der Waals surface area contributed by atoms with Crippen molar-refractivity contribution in [3.8, 4) is 0 Å². The molecule has 0 saturated heterocycles. The van der Waals surface area contributed by atoms with Crippen LogP contribution in [0, 0.1) is 0 Å². The molecule has 1 amide bonds. The zero-order chi connectivity index (χ0) is 24.4. The van der Waals surface area contributed by atoms with Crippen LogP contribution < -0.4 is 5.32 Å². The van der Waals surface area contributed by atoms with Crippen LogP contribution in [0.4, 0.5) is 5.69 Å². The summed E-state index contributed by atoms with van der Waals surface area (Å²) in [6.45, 7) is 0. The van der Waals surface area contributed by atoms with E-state index in [1.165, 1.54) is 23.9 Å². The molecule has 0 spiro atoms. The molecule has 0 aliphatic carbocycles. The van der Waals surface area contributed by atoms with E-state index in [-0.39, 0.29) is 22.8 Å². The van der Waals surface area contributed by atoms with Gasteiger partial charge in [-0.05, 0) is 42.5 Å². The zero-order valence-corrected chi connectivity index (χ0v) is 19.3. The van der Waals surface area contributed by atoms with E-state index in [0.29, 0.717) is 5.69 Å². The second-order valence-corrected chi connectivity index (χ2v) is 8.93. The van der Waals surface area contributed by atoms with Crippen molar-refractivity contribution in [3.63, 3.8) is 0 Å². The van der Waals surface area contributed by atoms with Gasteiger partial charge in [0, 0.05) is 21.4 Å². The quantitative estimate of drug-likeness (QED) is 0.284. The Morgan fingerprint density at radius 1 is 0.743 bits per heavy atom. The summed E-state index contributed by atoms with van der Waals surface area (Å²) in [6, 6.07) is 28.9. The molecule has 5 aromatic rings. The van der Waals surface area contributed by atoms with Crippen LogP contribution in [0.1, 0.15) is 25.5 Å². The molecule has 7 heteroatoms. The summed E-state index contributed by atoms with van der Waals surface area (Å²) >= 11 is 1.37. The minimum atomic E-state index is -1.16. The molecule has 172 valence electrons. The number of carbonyl (C=O) groups excluding carboxylic acids is 2. The van der Waals surface area contributed by atoms with Crippen molar-refractivity contribution in [3.05, 3.63) is 108 Å². The molecule has 0 bridgehead atoms.